The second kappa shape index (κ2) is 3.50. The summed E-state index contributed by atoms with van der Waals surface area (Å²) < 4.78 is 0. The molecule has 0 saturated carbocycles. The highest BCUT2D eigenvalue weighted by Gasteiger charge is 2.20. The molecule has 3 nitrogen and oxygen atoms in total. The quantitative estimate of drug-likeness (QED) is 0.510. The molecule has 0 spiro atoms. The number of hydrogen-bond donors (Lipinski definition) is 3. The van der Waals surface area contributed by atoms with Crippen molar-refractivity contribution in [2.75, 3.05) is 13.1 Å². The minimum Gasteiger partial charge on any atom is -0.423 e. The second-order valence-electron chi connectivity index (χ2n) is 3.40. The van der Waals surface area contributed by atoms with Crippen LogP contribution in [0.4, 0.5) is 0 Å². The molecule has 1 fully saturated rings. The van der Waals surface area contributed by atoms with Crippen LogP contribution < -0.4 is 10.8 Å². The van der Waals surface area contributed by atoms with Crippen molar-refractivity contribution in [3.05, 3.63) is 29.8 Å². The fraction of sp³-hybridized carbons (Fsp3) is 0.333. The topological polar surface area (TPSA) is 52.5 Å². The second-order valence-corrected chi connectivity index (χ2v) is 3.40. The lowest BCUT2D eigenvalue weighted by molar-refractivity contribution is 0.425. The number of hydrogen-bond acceptors (Lipinski definition) is 3. The maximum atomic E-state index is 8.96. The average Bonchev–Trinajstić information content (AvgIpc) is 2.01. The summed E-state index contributed by atoms with van der Waals surface area (Å²) in [7, 11) is -1.35. The third-order valence-electron chi connectivity index (χ3n) is 2.46. The van der Waals surface area contributed by atoms with Gasteiger partial charge in [-0.3, -0.25) is 0 Å². The molecule has 1 saturated heterocycles. The standard InChI is InChI=1S/C9H12BNO2/c12-10(13)9-3-1-2-7(4-9)8-5-11-6-8/h1-4,8,11-13H,5-6H2. The summed E-state index contributed by atoms with van der Waals surface area (Å²) in [5, 5.41) is 21.1. The molecule has 3 N–H and O–H groups in total. The van der Waals surface area contributed by atoms with Gasteiger partial charge in [-0.1, -0.05) is 24.3 Å². The lowest BCUT2D eigenvalue weighted by atomic mass is 9.78. The van der Waals surface area contributed by atoms with Gasteiger partial charge in [0.1, 0.15) is 0 Å². The predicted octanol–water partition coefficient (Wildman–Crippen LogP) is -0.947. The molecule has 0 unspecified atom stereocenters. The smallest absolute Gasteiger partial charge is 0.423 e. The first-order valence-corrected chi connectivity index (χ1v) is 4.44. The minimum atomic E-state index is -1.35. The van der Waals surface area contributed by atoms with E-state index in [1.54, 1.807) is 6.07 Å². The molecule has 0 aliphatic carbocycles. The van der Waals surface area contributed by atoms with Gasteiger partial charge < -0.3 is 15.4 Å². The molecule has 0 bridgehead atoms. The van der Waals surface area contributed by atoms with Crippen LogP contribution in [0.3, 0.4) is 0 Å². The Morgan fingerprint density at radius 3 is 2.62 bits per heavy atom. The molecule has 1 aromatic rings. The molecule has 1 aliphatic rings. The molecule has 0 radical (unpaired) electrons. The lowest BCUT2D eigenvalue weighted by Gasteiger charge is -2.27. The van der Waals surface area contributed by atoms with Crippen LogP contribution in [0.5, 0.6) is 0 Å². The zero-order chi connectivity index (χ0) is 9.26. The van der Waals surface area contributed by atoms with Gasteiger partial charge in [0.25, 0.3) is 0 Å². The maximum absolute atomic E-state index is 8.96. The van der Waals surface area contributed by atoms with E-state index in [4.69, 9.17) is 10.0 Å². The molecule has 1 aliphatic heterocycles. The Hall–Kier alpha value is -0.835. The van der Waals surface area contributed by atoms with Crippen molar-refractivity contribution in [1.29, 1.82) is 0 Å². The van der Waals surface area contributed by atoms with E-state index in [0.717, 1.165) is 13.1 Å². The summed E-state index contributed by atoms with van der Waals surface area (Å²) in [6.45, 7) is 1.98. The monoisotopic (exact) mass is 177 g/mol. The van der Waals surface area contributed by atoms with Crippen LogP contribution in [-0.2, 0) is 0 Å². The molecular weight excluding hydrogens is 165 g/mol. The first-order chi connectivity index (χ1) is 6.27. The summed E-state index contributed by atoms with van der Waals surface area (Å²) in [5.74, 6) is 0.540. The summed E-state index contributed by atoms with van der Waals surface area (Å²) in [6.07, 6.45) is 0. The SMILES string of the molecule is OB(O)c1cccc(C2CNC2)c1. The largest absolute Gasteiger partial charge is 0.488 e. The number of nitrogens with one attached hydrogen (secondary N) is 1. The Labute approximate surface area is 77.6 Å². The van der Waals surface area contributed by atoms with Crippen LogP contribution in [0.25, 0.3) is 0 Å². The van der Waals surface area contributed by atoms with Crippen molar-refractivity contribution >= 4 is 12.6 Å². The first kappa shape index (κ1) is 8.75. The molecule has 0 amide bonds. The van der Waals surface area contributed by atoms with Gasteiger partial charge in [0, 0.05) is 19.0 Å². The van der Waals surface area contributed by atoms with Crippen molar-refractivity contribution < 1.29 is 10.0 Å². The number of rotatable bonds is 2. The highest BCUT2D eigenvalue weighted by atomic mass is 16.4. The van der Waals surface area contributed by atoms with Crippen LogP contribution in [0.15, 0.2) is 24.3 Å². The third-order valence-corrected chi connectivity index (χ3v) is 2.46. The van der Waals surface area contributed by atoms with Crippen LogP contribution >= 0.6 is 0 Å². The Kier molecular flexibility index (Phi) is 2.35. The van der Waals surface area contributed by atoms with Gasteiger partial charge in [-0.05, 0) is 11.0 Å². The predicted molar refractivity (Wildman–Crippen MR) is 51.9 cm³/mol. The lowest BCUT2D eigenvalue weighted by Crippen LogP contribution is -2.40. The zero-order valence-corrected chi connectivity index (χ0v) is 7.27. The van der Waals surface area contributed by atoms with E-state index in [9.17, 15) is 0 Å². The average molecular weight is 177 g/mol. The minimum absolute atomic E-state index is 0.540. The van der Waals surface area contributed by atoms with E-state index in [0.29, 0.717) is 11.4 Å². The van der Waals surface area contributed by atoms with Crippen LogP contribution in [-0.4, -0.2) is 30.3 Å². The van der Waals surface area contributed by atoms with E-state index in [1.807, 2.05) is 18.2 Å². The summed E-state index contributed by atoms with van der Waals surface area (Å²) >= 11 is 0. The number of benzene rings is 1. The highest BCUT2D eigenvalue weighted by Crippen LogP contribution is 2.17. The first-order valence-electron chi connectivity index (χ1n) is 4.44. The molecule has 4 heteroatoms. The van der Waals surface area contributed by atoms with Crippen LogP contribution in [0, 0.1) is 0 Å². The van der Waals surface area contributed by atoms with Crippen molar-refractivity contribution in [2.45, 2.75) is 5.92 Å². The normalized spacial score (nSPS) is 16.8. The highest BCUT2D eigenvalue weighted by molar-refractivity contribution is 6.58. The fourth-order valence-corrected chi connectivity index (χ4v) is 1.50. The molecule has 0 aromatic heterocycles. The van der Waals surface area contributed by atoms with E-state index in [-0.39, 0.29) is 0 Å². The van der Waals surface area contributed by atoms with Gasteiger partial charge in [-0.2, -0.15) is 0 Å². The summed E-state index contributed by atoms with van der Waals surface area (Å²) in [5.41, 5.74) is 1.76. The van der Waals surface area contributed by atoms with E-state index < -0.39 is 7.12 Å². The summed E-state index contributed by atoms with van der Waals surface area (Å²) in [4.78, 5) is 0. The molecule has 2 rings (SSSR count). The Balaban J connectivity index is 2.21. The summed E-state index contributed by atoms with van der Waals surface area (Å²) in [6, 6.07) is 7.47. The van der Waals surface area contributed by atoms with Gasteiger partial charge >= 0.3 is 7.12 Å². The van der Waals surface area contributed by atoms with E-state index in [1.165, 1.54) is 5.56 Å². The molecule has 68 valence electrons. The van der Waals surface area contributed by atoms with Gasteiger partial charge in [-0.25, -0.2) is 0 Å². The third kappa shape index (κ3) is 1.75. The molecule has 13 heavy (non-hydrogen) atoms. The van der Waals surface area contributed by atoms with Crippen molar-refractivity contribution in [1.82, 2.24) is 5.32 Å². The van der Waals surface area contributed by atoms with Crippen molar-refractivity contribution in [3.63, 3.8) is 0 Å². The van der Waals surface area contributed by atoms with Gasteiger partial charge in [-0.15, -0.1) is 0 Å². The van der Waals surface area contributed by atoms with Gasteiger partial charge in [0.05, 0.1) is 0 Å². The van der Waals surface area contributed by atoms with E-state index in [2.05, 4.69) is 5.32 Å². The van der Waals surface area contributed by atoms with Crippen molar-refractivity contribution in [2.24, 2.45) is 0 Å². The van der Waals surface area contributed by atoms with Crippen LogP contribution in [0.1, 0.15) is 11.5 Å². The molecule has 1 heterocycles. The van der Waals surface area contributed by atoms with Gasteiger partial charge in [0.2, 0.25) is 0 Å². The molecule has 0 atom stereocenters. The maximum Gasteiger partial charge on any atom is 0.488 e. The van der Waals surface area contributed by atoms with Crippen LogP contribution in [0.2, 0.25) is 0 Å². The Morgan fingerprint density at radius 1 is 1.31 bits per heavy atom. The molecule has 1 aromatic carbocycles. The van der Waals surface area contributed by atoms with E-state index >= 15 is 0 Å². The Bertz CT molecular complexity index is 299. The molecular formula is C9H12BNO2. The zero-order valence-electron chi connectivity index (χ0n) is 7.27. The van der Waals surface area contributed by atoms with Crippen molar-refractivity contribution in [3.8, 4) is 0 Å². The van der Waals surface area contributed by atoms with Gasteiger partial charge in [0.15, 0.2) is 0 Å². The fourth-order valence-electron chi connectivity index (χ4n) is 1.50. The Morgan fingerprint density at radius 2 is 2.08 bits per heavy atom.